The lowest BCUT2D eigenvalue weighted by Crippen LogP contribution is -2.48. The predicted octanol–water partition coefficient (Wildman–Crippen LogP) is 9.21. The summed E-state index contributed by atoms with van der Waals surface area (Å²) in [4.78, 5) is 67.1. The van der Waals surface area contributed by atoms with E-state index in [4.69, 9.17) is 21.1 Å². The average Bonchev–Trinajstić information content (AvgIpc) is 4.02. The van der Waals surface area contributed by atoms with Crippen LogP contribution in [0.3, 0.4) is 0 Å². The lowest BCUT2D eigenvalue weighted by Gasteiger charge is -2.49. The number of phenols is 1. The number of imide groups is 2. The molecular formula is C47H36ClN5O6S. The molecule has 2 saturated heterocycles. The monoisotopic (exact) mass is 833 g/mol. The molecule has 4 aromatic carbocycles. The quantitative estimate of drug-likeness (QED) is 0.134. The summed E-state index contributed by atoms with van der Waals surface area (Å²) in [6, 6.07) is 28.8. The Morgan fingerprint density at radius 2 is 1.68 bits per heavy atom. The van der Waals surface area contributed by atoms with Gasteiger partial charge in [-0.15, -0.1) is 11.3 Å². The molecule has 11 nitrogen and oxygen atoms in total. The van der Waals surface area contributed by atoms with Crippen LogP contribution in [0.25, 0.3) is 43.2 Å². The Balaban J connectivity index is 0.959. The molecule has 0 unspecified atom stereocenters. The van der Waals surface area contributed by atoms with Crippen LogP contribution < -0.4 is 9.80 Å². The van der Waals surface area contributed by atoms with Gasteiger partial charge in [0.05, 0.1) is 33.7 Å². The predicted molar refractivity (Wildman–Crippen MR) is 228 cm³/mol. The fourth-order valence-corrected chi connectivity index (χ4v) is 11.9. The molecule has 298 valence electrons. The first-order valence-electron chi connectivity index (χ1n) is 19.9. The zero-order valence-corrected chi connectivity index (χ0v) is 34.2. The highest BCUT2D eigenvalue weighted by atomic mass is 35.5. The van der Waals surface area contributed by atoms with Crippen LogP contribution in [0.4, 0.5) is 11.5 Å². The van der Waals surface area contributed by atoms with Gasteiger partial charge < -0.3 is 9.52 Å². The second kappa shape index (κ2) is 13.1. The number of aromatic hydroxyl groups is 1. The number of aryl methyl sites for hydroxylation is 2. The number of hydrogen-bond donors (Lipinski definition) is 1. The fraction of sp³-hybridized carbons (Fsp3) is 0.234. The minimum Gasteiger partial charge on any atom is -0.508 e. The number of allylic oxidation sites excluding steroid dienone is 2. The largest absolute Gasteiger partial charge is 0.508 e. The van der Waals surface area contributed by atoms with Gasteiger partial charge in [0.15, 0.2) is 5.58 Å². The number of carbonyl (C=O) groups is 4. The second-order valence-corrected chi connectivity index (χ2v) is 18.0. The third-order valence-corrected chi connectivity index (χ3v) is 14.9. The van der Waals surface area contributed by atoms with Crippen molar-refractivity contribution in [2.45, 2.75) is 32.6 Å². The summed E-state index contributed by atoms with van der Waals surface area (Å²) in [6.45, 7) is 3.84. The molecule has 0 radical (unpaired) electrons. The molecule has 0 spiro atoms. The van der Waals surface area contributed by atoms with Gasteiger partial charge in [-0.05, 0) is 116 Å². The zero-order chi connectivity index (χ0) is 41.4. The summed E-state index contributed by atoms with van der Waals surface area (Å²) in [5.74, 6) is -3.99. The number of rotatable bonds is 5. The van der Waals surface area contributed by atoms with Crippen molar-refractivity contribution in [3.05, 3.63) is 125 Å². The molecule has 60 heavy (non-hydrogen) atoms. The molecular weight excluding hydrogens is 798 g/mol. The minimum absolute atomic E-state index is 0.0218. The molecule has 1 N–H and O–H groups in total. The normalized spacial score (nSPS) is 25.0. The van der Waals surface area contributed by atoms with Gasteiger partial charge in [-0.1, -0.05) is 47.5 Å². The molecule has 2 aliphatic carbocycles. The third-order valence-electron chi connectivity index (χ3n) is 13.4. The molecule has 3 fully saturated rings. The summed E-state index contributed by atoms with van der Waals surface area (Å²) >= 11 is 7.90. The van der Waals surface area contributed by atoms with Crippen LogP contribution >= 0.6 is 22.9 Å². The van der Waals surface area contributed by atoms with Crippen molar-refractivity contribution in [3.63, 3.8) is 0 Å². The van der Waals surface area contributed by atoms with Crippen LogP contribution in [-0.2, 0) is 26.2 Å². The van der Waals surface area contributed by atoms with E-state index in [1.807, 2.05) is 68.5 Å². The van der Waals surface area contributed by atoms with Gasteiger partial charge >= 0.3 is 0 Å². The summed E-state index contributed by atoms with van der Waals surface area (Å²) < 4.78 is 8.57. The van der Waals surface area contributed by atoms with Crippen molar-refractivity contribution >= 4 is 79.3 Å². The molecule has 3 aromatic heterocycles. The Morgan fingerprint density at radius 1 is 0.883 bits per heavy atom. The van der Waals surface area contributed by atoms with Gasteiger partial charge in [-0.2, -0.15) is 5.10 Å². The van der Waals surface area contributed by atoms with Crippen LogP contribution in [0, 0.1) is 36.0 Å². The Kier molecular flexibility index (Phi) is 7.99. The Morgan fingerprint density at radius 3 is 2.47 bits per heavy atom. The van der Waals surface area contributed by atoms with Crippen molar-refractivity contribution in [2.75, 3.05) is 9.80 Å². The van der Waals surface area contributed by atoms with Crippen LogP contribution in [-0.4, -0.2) is 43.5 Å². The van der Waals surface area contributed by atoms with Crippen molar-refractivity contribution in [1.82, 2.24) is 14.8 Å². The molecule has 6 atom stereocenters. The lowest BCUT2D eigenvalue weighted by molar-refractivity contribution is -0.131. The average molecular weight is 834 g/mol. The van der Waals surface area contributed by atoms with Crippen molar-refractivity contribution in [3.8, 4) is 27.8 Å². The number of amides is 4. The number of thiophene rings is 1. The van der Waals surface area contributed by atoms with Gasteiger partial charge in [0.1, 0.15) is 22.8 Å². The molecule has 5 heterocycles. The number of anilines is 2. The van der Waals surface area contributed by atoms with Crippen LogP contribution in [0.1, 0.15) is 36.8 Å². The molecule has 11 rings (SSSR count). The number of benzene rings is 4. The zero-order valence-electron chi connectivity index (χ0n) is 32.6. The van der Waals surface area contributed by atoms with E-state index >= 15 is 4.79 Å². The summed E-state index contributed by atoms with van der Waals surface area (Å²) in [7, 11) is 1.72. The number of halogens is 1. The van der Waals surface area contributed by atoms with Gasteiger partial charge in [0, 0.05) is 34.3 Å². The van der Waals surface area contributed by atoms with Crippen molar-refractivity contribution in [1.29, 1.82) is 0 Å². The first-order valence-corrected chi connectivity index (χ1v) is 21.1. The lowest BCUT2D eigenvalue weighted by atomic mass is 9.51. The van der Waals surface area contributed by atoms with Crippen LogP contribution in [0.5, 0.6) is 5.75 Å². The summed E-state index contributed by atoms with van der Waals surface area (Å²) in [6.07, 6.45) is 2.50. The van der Waals surface area contributed by atoms with Crippen molar-refractivity contribution in [2.24, 2.45) is 36.1 Å². The maximum Gasteiger partial charge on any atom is 0.242 e. The third kappa shape index (κ3) is 5.13. The molecule has 13 heteroatoms. The molecule has 2 aliphatic heterocycles. The highest BCUT2D eigenvalue weighted by Crippen LogP contribution is 2.64. The Hall–Kier alpha value is -6.37. The fourth-order valence-electron chi connectivity index (χ4n) is 10.5. The first-order chi connectivity index (χ1) is 28.9. The van der Waals surface area contributed by atoms with E-state index in [0.717, 1.165) is 31.6 Å². The van der Waals surface area contributed by atoms with E-state index in [2.05, 4.69) is 4.98 Å². The SMILES string of the molecule is Cc1c(-c2cc(N3C(=O)[C@@H]4C[C@@H]5C(=CC[C@@H]6C(=O)N(c7ccc(-c8nc9ccccc9o8)cc7)C(=O)[C@@H]65)[C@H](c5cccc(O)c5)[C@]4(C)C3=O)n(C)n2)sc2ccc(Cl)cc12. The minimum atomic E-state index is -1.28. The number of aromatic nitrogens is 3. The van der Waals surface area contributed by atoms with Crippen LogP contribution in [0.15, 0.2) is 113 Å². The maximum absolute atomic E-state index is 15.1. The number of oxazole rings is 1. The number of para-hydroxylation sites is 2. The molecule has 4 amide bonds. The highest BCUT2D eigenvalue weighted by Gasteiger charge is 2.68. The van der Waals surface area contributed by atoms with Gasteiger partial charge in [-0.25, -0.2) is 9.88 Å². The van der Waals surface area contributed by atoms with Gasteiger partial charge in [0.2, 0.25) is 29.5 Å². The number of carbonyl (C=O) groups excluding carboxylic acids is 4. The second-order valence-electron chi connectivity index (χ2n) is 16.5. The van der Waals surface area contributed by atoms with Crippen molar-refractivity contribution < 1.29 is 28.7 Å². The van der Waals surface area contributed by atoms with E-state index in [0.29, 0.717) is 51.2 Å². The topological polar surface area (TPSA) is 139 Å². The van der Waals surface area contributed by atoms with E-state index in [9.17, 15) is 19.5 Å². The van der Waals surface area contributed by atoms with Crippen LogP contribution in [0.2, 0.25) is 5.02 Å². The number of fused-ring (bicyclic) bond motifs is 6. The van der Waals surface area contributed by atoms with E-state index in [-0.39, 0.29) is 35.8 Å². The highest BCUT2D eigenvalue weighted by molar-refractivity contribution is 7.22. The van der Waals surface area contributed by atoms with Gasteiger partial charge in [0.25, 0.3) is 0 Å². The summed E-state index contributed by atoms with van der Waals surface area (Å²) in [5, 5.41) is 17.2. The standard InChI is InChI=1S/C47H36ClN5O6S/c1-23-31-20-26(48)13-18-37(31)60-41(23)35-22-38(51(3)50-35)53-44(56)33-21-32-29(40(47(33,2)46(53)58)25-7-6-8-28(54)19-25)16-17-30-39(32)45(57)52(43(30)55)27-14-11-24(12-15-27)42-49-34-9-4-5-10-36(34)59-42/h4-16,18-20,22,30,32-33,39-40,54H,17,21H2,1-3H3/t30-,32+,33-,39-,40-,47+/m0/s1. The first kappa shape index (κ1) is 36.7. The van der Waals surface area contributed by atoms with E-state index in [1.165, 1.54) is 9.80 Å². The molecule has 1 saturated carbocycles. The number of nitrogens with zero attached hydrogens (tertiary/aromatic N) is 5. The van der Waals surface area contributed by atoms with E-state index < -0.39 is 35.0 Å². The number of phenolic OH excluding ortho intramolecular Hbond substituents is 1. The Labute approximate surface area is 352 Å². The smallest absolute Gasteiger partial charge is 0.242 e. The maximum atomic E-state index is 15.1. The summed E-state index contributed by atoms with van der Waals surface area (Å²) in [5.41, 5.74) is 4.37. The molecule has 4 aliphatic rings. The molecule has 0 bridgehead atoms. The number of hydrogen-bond acceptors (Lipinski definition) is 9. The van der Waals surface area contributed by atoms with Gasteiger partial charge in [-0.3, -0.25) is 28.8 Å². The van der Waals surface area contributed by atoms with E-state index in [1.54, 1.807) is 71.6 Å². The Bertz CT molecular complexity index is 3020. The molecule has 7 aromatic rings.